The van der Waals surface area contributed by atoms with Gasteiger partial charge in [0.2, 0.25) is 0 Å². The van der Waals surface area contributed by atoms with Crippen molar-refractivity contribution >= 4 is 21.6 Å². The molecular formula is C13H21BrN2O. The predicted octanol–water partition coefficient (Wildman–Crippen LogP) is 2.64. The first-order valence-corrected chi connectivity index (χ1v) is 6.69. The minimum atomic E-state index is 0.753. The maximum absolute atomic E-state index is 5.15. The highest BCUT2D eigenvalue weighted by molar-refractivity contribution is 9.10. The van der Waals surface area contributed by atoms with Crippen molar-refractivity contribution in [3.63, 3.8) is 0 Å². The van der Waals surface area contributed by atoms with E-state index >= 15 is 0 Å². The van der Waals surface area contributed by atoms with Crippen LogP contribution in [-0.4, -0.2) is 33.9 Å². The average Bonchev–Trinajstić information content (AvgIpc) is 2.32. The first-order valence-electron chi connectivity index (χ1n) is 5.89. The Labute approximate surface area is 112 Å². The van der Waals surface area contributed by atoms with E-state index in [1.807, 2.05) is 7.05 Å². The van der Waals surface area contributed by atoms with Crippen LogP contribution in [0, 0.1) is 0 Å². The van der Waals surface area contributed by atoms with E-state index < -0.39 is 0 Å². The number of rotatable bonds is 7. The van der Waals surface area contributed by atoms with Gasteiger partial charge >= 0.3 is 0 Å². The minimum absolute atomic E-state index is 0.753. The van der Waals surface area contributed by atoms with Crippen molar-refractivity contribution in [1.82, 2.24) is 5.32 Å². The minimum Gasteiger partial charge on any atom is -0.383 e. The summed E-state index contributed by atoms with van der Waals surface area (Å²) in [6.45, 7) is 5.70. The molecule has 0 radical (unpaired) electrons. The van der Waals surface area contributed by atoms with Gasteiger partial charge in [-0.25, -0.2) is 0 Å². The molecule has 4 heteroatoms. The molecule has 0 saturated carbocycles. The summed E-state index contributed by atoms with van der Waals surface area (Å²) in [6.07, 6.45) is 0. The highest BCUT2D eigenvalue weighted by Gasteiger charge is 2.09. The molecule has 1 N–H and O–H groups in total. The van der Waals surface area contributed by atoms with E-state index in [1.54, 1.807) is 7.11 Å². The quantitative estimate of drug-likeness (QED) is 0.838. The Hall–Kier alpha value is -0.580. The van der Waals surface area contributed by atoms with Crippen molar-refractivity contribution in [2.75, 3.05) is 38.8 Å². The van der Waals surface area contributed by atoms with Gasteiger partial charge in [0.1, 0.15) is 0 Å². The smallest absolute Gasteiger partial charge is 0.0637 e. The van der Waals surface area contributed by atoms with E-state index in [4.69, 9.17) is 4.74 Å². The highest BCUT2D eigenvalue weighted by atomic mass is 79.9. The zero-order valence-corrected chi connectivity index (χ0v) is 12.4. The number of hydrogen-bond acceptors (Lipinski definition) is 3. The van der Waals surface area contributed by atoms with Crippen LogP contribution < -0.4 is 10.2 Å². The Morgan fingerprint density at radius 2 is 2.18 bits per heavy atom. The zero-order chi connectivity index (χ0) is 12.7. The number of likely N-dealkylation sites (N-methyl/N-ethyl adjacent to an activating group) is 1. The average molecular weight is 301 g/mol. The number of nitrogens with zero attached hydrogens (tertiary/aromatic N) is 1. The fraction of sp³-hybridized carbons (Fsp3) is 0.538. The topological polar surface area (TPSA) is 24.5 Å². The number of methoxy groups -OCH3 is 1. The summed E-state index contributed by atoms with van der Waals surface area (Å²) >= 11 is 3.52. The van der Waals surface area contributed by atoms with E-state index in [0.29, 0.717) is 0 Å². The van der Waals surface area contributed by atoms with Gasteiger partial charge in [0, 0.05) is 36.9 Å². The molecule has 0 saturated heterocycles. The molecular weight excluding hydrogens is 280 g/mol. The van der Waals surface area contributed by atoms with Crippen molar-refractivity contribution in [3.05, 3.63) is 28.2 Å². The number of benzene rings is 1. The van der Waals surface area contributed by atoms with E-state index in [-0.39, 0.29) is 0 Å². The molecule has 0 bridgehead atoms. The lowest BCUT2D eigenvalue weighted by Crippen LogP contribution is -2.28. The van der Waals surface area contributed by atoms with Crippen molar-refractivity contribution in [2.45, 2.75) is 13.5 Å². The SMILES string of the molecule is CCN(CCOC)c1ccc(Br)cc1CNC. The summed E-state index contributed by atoms with van der Waals surface area (Å²) in [5, 5.41) is 3.21. The number of hydrogen-bond donors (Lipinski definition) is 1. The standard InChI is InChI=1S/C13H21BrN2O/c1-4-16(7-8-17-3)13-6-5-12(14)9-11(13)10-15-2/h5-6,9,15H,4,7-8,10H2,1-3H3. The van der Waals surface area contributed by atoms with Gasteiger partial charge in [-0.1, -0.05) is 15.9 Å². The Bertz CT molecular complexity index is 344. The second-order valence-corrected chi connectivity index (χ2v) is 4.79. The van der Waals surface area contributed by atoms with Gasteiger partial charge in [0.25, 0.3) is 0 Å². The van der Waals surface area contributed by atoms with Crippen LogP contribution in [0.15, 0.2) is 22.7 Å². The number of anilines is 1. The maximum atomic E-state index is 5.15. The lowest BCUT2D eigenvalue weighted by Gasteiger charge is -2.25. The molecule has 96 valence electrons. The van der Waals surface area contributed by atoms with E-state index in [0.717, 1.165) is 30.7 Å². The summed E-state index contributed by atoms with van der Waals surface area (Å²) < 4.78 is 6.27. The van der Waals surface area contributed by atoms with Crippen molar-refractivity contribution in [3.8, 4) is 0 Å². The molecule has 0 unspecified atom stereocenters. The monoisotopic (exact) mass is 300 g/mol. The molecule has 17 heavy (non-hydrogen) atoms. The Balaban J connectivity index is 2.91. The second kappa shape index (κ2) is 7.69. The van der Waals surface area contributed by atoms with E-state index in [9.17, 15) is 0 Å². The molecule has 0 aliphatic carbocycles. The highest BCUT2D eigenvalue weighted by Crippen LogP contribution is 2.24. The predicted molar refractivity (Wildman–Crippen MR) is 76.7 cm³/mol. The maximum Gasteiger partial charge on any atom is 0.0637 e. The molecule has 0 heterocycles. The van der Waals surface area contributed by atoms with Gasteiger partial charge in [0.05, 0.1) is 6.61 Å². The summed E-state index contributed by atoms with van der Waals surface area (Å²) in [6, 6.07) is 6.42. The lowest BCUT2D eigenvalue weighted by atomic mass is 10.1. The molecule has 0 aromatic heterocycles. The van der Waals surface area contributed by atoms with E-state index in [2.05, 4.69) is 51.3 Å². The van der Waals surface area contributed by atoms with Crippen LogP contribution in [0.1, 0.15) is 12.5 Å². The van der Waals surface area contributed by atoms with Gasteiger partial charge in [-0.05, 0) is 37.7 Å². The number of nitrogens with one attached hydrogen (secondary N) is 1. The molecule has 0 spiro atoms. The molecule has 3 nitrogen and oxygen atoms in total. The molecule has 0 aliphatic heterocycles. The largest absolute Gasteiger partial charge is 0.383 e. The first-order chi connectivity index (χ1) is 8.22. The second-order valence-electron chi connectivity index (χ2n) is 3.88. The van der Waals surface area contributed by atoms with Crippen LogP contribution in [0.2, 0.25) is 0 Å². The summed E-state index contributed by atoms with van der Waals surface area (Å²) in [5.74, 6) is 0. The fourth-order valence-electron chi connectivity index (χ4n) is 1.85. The molecule has 0 fully saturated rings. The third-order valence-corrected chi connectivity index (χ3v) is 3.19. The van der Waals surface area contributed by atoms with E-state index in [1.165, 1.54) is 11.3 Å². The van der Waals surface area contributed by atoms with Gasteiger partial charge in [-0.15, -0.1) is 0 Å². The van der Waals surface area contributed by atoms with Crippen molar-refractivity contribution in [2.24, 2.45) is 0 Å². The van der Waals surface area contributed by atoms with Gasteiger partial charge in [0.15, 0.2) is 0 Å². The Kier molecular flexibility index (Phi) is 6.55. The van der Waals surface area contributed by atoms with Crippen molar-refractivity contribution in [1.29, 1.82) is 0 Å². The van der Waals surface area contributed by atoms with Crippen LogP contribution in [0.3, 0.4) is 0 Å². The van der Waals surface area contributed by atoms with Gasteiger partial charge in [-0.3, -0.25) is 0 Å². The number of ether oxygens (including phenoxy) is 1. The first kappa shape index (κ1) is 14.5. The zero-order valence-electron chi connectivity index (χ0n) is 10.8. The Morgan fingerprint density at radius 1 is 1.41 bits per heavy atom. The summed E-state index contributed by atoms with van der Waals surface area (Å²) in [5.41, 5.74) is 2.59. The normalized spacial score (nSPS) is 10.6. The third kappa shape index (κ3) is 4.30. The number of halogens is 1. The van der Waals surface area contributed by atoms with Crippen LogP contribution in [0.5, 0.6) is 0 Å². The Morgan fingerprint density at radius 3 is 2.76 bits per heavy atom. The fourth-order valence-corrected chi connectivity index (χ4v) is 2.25. The third-order valence-electron chi connectivity index (χ3n) is 2.70. The van der Waals surface area contributed by atoms with Gasteiger partial charge < -0.3 is 15.0 Å². The molecule has 1 aromatic carbocycles. The van der Waals surface area contributed by atoms with Crippen LogP contribution in [-0.2, 0) is 11.3 Å². The summed E-state index contributed by atoms with van der Waals surface area (Å²) in [7, 11) is 3.71. The molecule has 1 rings (SSSR count). The lowest BCUT2D eigenvalue weighted by molar-refractivity contribution is 0.205. The molecule has 0 aliphatic rings. The van der Waals surface area contributed by atoms with Crippen molar-refractivity contribution < 1.29 is 4.74 Å². The molecule has 0 atom stereocenters. The summed E-state index contributed by atoms with van der Waals surface area (Å²) in [4.78, 5) is 2.34. The van der Waals surface area contributed by atoms with Crippen LogP contribution >= 0.6 is 15.9 Å². The van der Waals surface area contributed by atoms with Crippen LogP contribution in [0.25, 0.3) is 0 Å². The molecule has 1 aromatic rings. The van der Waals surface area contributed by atoms with Crippen LogP contribution in [0.4, 0.5) is 5.69 Å². The molecule has 0 amide bonds. The van der Waals surface area contributed by atoms with Gasteiger partial charge in [-0.2, -0.15) is 0 Å².